The van der Waals surface area contributed by atoms with Crippen molar-refractivity contribution in [1.82, 2.24) is 0 Å². The van der Waals surface area contributed by atoms with Gasteiger partial charge in [0.25, 0.3) is 5.69 Å². The van der Waals surface area contributed by atoms with E-state index in [-0.39, 0.29) is 10.5 Å². The Morgan fingerprint density at radius 3 is 2.43 bits per heavy atom. The van der Waals surface area contributed by atoms with Crippen LogP contribution in [0.25, 0.3) is 0 Å². The molecule has 120 valence electrons. The lowest BCUT2D eigenvalue weighted by atomic mass is 10.2. The normalized spacial score (nSPS) is 11.3. The summed E-state index contributed by atoms with van der Waals surface area (Å²) in [6, 6.07) is 8.26. The fourth-order valence-corrected chi connectivity index (χ4v) is 2.72. The average molecular weight is 342 g/mol. The Hall–Kier alpha value is -2.55. The van der Waals surface area contributed by atoms with Crippen LogP contribution in [0.2, 0.25) is 0 Å². The molecule has 23 heavy (non-hydrogen) atoms. The van der Waals surface area contributed by atoms with Crippen LogP contribution in [0.1, 0.15) is 15.9 Å². The Morgan fingerprint density at radius 2 is 1.87 bits per heavy atom. The minimum absolute atomic E-state index is 0.0321. The SMILES string of the molecule is NC(=O)c1cccc(Sc2ccc(C(F)(F)F)cc2[N+](=O)[O-])c1. The zero-order chi connectivity index (χ0) is 17.2. The van der Waals surface area contributed by atoms with Gasteiger partial charge >= 0.3 is 6.18 Å². The van der Waals surface area contributed by atoms with E-state index >= 15 is 0 Å². The zero-order valence-corrected chi connectivity index (χ0v) is 12.1. The summed E-state index contributed by atoms with van der Waals surface area (Å²) in [5, 5.41) is 11.0. The molecule has 2 N–H and O–H groups in total. The molecule has 5 nitrogen and oxygen atoms in total. The van der Waals surface area contributed by atoms with Crippen LogP contribution in [0.4, 0.5) is 18.9 Å². The summed E-state index contributed by atoms with van der Waals surface area (Å²) in [5.74, 6) is -0.672. The highest BCUT2D eigenvalue weighted by molar-refractivity contribution is 7.99. The van der Waals surface area contributed by atoms with E-state index in [0.717, 1.165) is 23.9 Å². The standard InChI is InChI=1S/C14H9F3N2O3S/c15-14(16,17)9-4-5-12(11(7-9)19(21)22)23-10-3-1-2-8(6-10)13(18)20/h1-7H,(H2,18,20). The molecule has 0 heterocycles. The van der Waals surface area contributed by atoms with Crippen LogP contribution in [0.15, 0.2) is 52.3 Å². The fraction of sp³-hybridized carbons (Fsp3) is 0.0714. The van der Waals surface area contributed by atoms with Crippen LogP contribution in [0.3, 0.4) is 0 Å². The predicted molar refractivity (Wildman–Crippen MR) is 77.2 cm³/mol. The molecule has 2 aromatic carbocycles. The summed E-state index contributed by atoms with van der Waals surface area (Å²) in [6.45, 7) is 0. The van der Waals surface area contributed by atoms with Crippen molar-refractivity contribution in [3.63, 3.8) is 0 Å². The van der Waals surface area contributed by atoms with Crippen molar-refractivity contribution in [3.05, 3.63) is 63.7 Å². The first kappa shape index (κ1) is 16.8. The number of primary amides is 1. The van der Waals surface area contributed by atoms with Crippen LogP contribution >= 0.6 is 11.8 Å². The van der Waals surface area contributed by atoms with Crippen LogP contribution in [-0.4, -0.2) is 10.8 Å². The molecule has 0 aliphatic rings. The van der Waals surface area contributed by atoms with Gasteiger partial charge in [0.15, 0.2) is 0 Å². The van der Waals surface area contributed by atoms with Gasteiger partial charge in [-0.3, -0.25) is 14.9 Å². The van der Waals surface area contributed by atoms with E-state index in [0.29, 0.717) is 11.0 Å². The number of nitro groups is 1. The number of carbonyl (C=O) groups is 1. The minimum Gasteiger partial charge on any atom is -0.366 e. The van der Waals surface area contributed by atoms with E-state index in [1.54, 1.807) is 6.07 Å². The molecule has 0 spiro atoms. The molecule has 0 radical (unpaired) electrons. The van der Waals surface area contributed by atoms with Gasteiger partial charge in [-0.25, -0.2) is 0 Å². The Bertz CT molecular complexity index is 778. The van der Waals surface area contributed by atoms with Gasteiger partial charge in [-0.05, 0) is 30.3 Å². The monoisotopic (exact) mass is 342 g/mol. The maximum absolute atomic E-state index is 12.7. The quantitative estimate of drug-likeness (QED) is 0.675. The Balaban J connectivity index is 2.42. The number of nitro benzene ring substituents is 1. The first-order valence-corrected chi connectivity index (χ1v) is 6.93. The van der Waals surface area contributed by atoms with Gasteiger partial charge < -0.3 is 5.73 Å². The lowest BCUT2D eigenvalue weighted by molar-refractivity contribution is -0.388. The van der Waals surface area contributed by atoms with Gasteiger partial charge in [-0.2, -0.15) is 13.2 Å². The number of nitrogens with two attached hydrogens (primary N) is 1. The topological polar surface area (TPSA) is 86.2 Å². The van der Waals surface area contributed by atoms with E-state index < -0.39 is 28.3 Å². The molecule has 2 rings (SSSR count). The molecule has 0 aliphatic carbocycles. The fourth-order valence-electron chi connectivity index (χ4n) is 1.76. The Kier molecular flexibility index (Phi) is 4.60. The smallest absolute Gasteiger partial charge is 0.366 e. The van der Waals surface area contributed by atoms with Crippen LogP contribution in [0, 0.1) is 10.1 Å². The van der Waals surface area contributed by atoms with E-state index in [1.807, 2.05) is 0 Å². The van der Waals surface area contributed by atoms with Crippen LogP contribution in [-0.2, 0) is 6.18 Å². The number of alkyl halides is 3. The molecule has 9 heteroatoms. The second-order valence-electron chi connectivity index (χ2n) is 4.43. The number of hydrogen-bond donors (Lipinski definition) is 1. The number of nitrogens with zero attached hydrogens (tertiary/aromatic N) is 1. The van der Waals surface area contributed by atoms with Gasteiger partial charge in [0.2, 0.25) is 5.91 Å². The third-order valence-electron chi connectivity index (χ3n) is 2.83. The maximum Gasteiger partial charge on any atom is 0.416 e. The molecule has 0 saturated carbocycles. The molecule has 0 saturated heterocycles. The second kappa shape index (κ2) is 6.29. The lowest BCUT2D eigenvalue weighted by Crippen LogP contribution is -2.10. The summed E-state index contributed by atoms with van der Waals surface area (Å²) >= 11 is 0.877. The van der Waals surface area contributed by atoms with Crippen molar-refractivity contribution in [3.8, 4) is 0 Å². The Morgan fingerprint density at radius 1 is 1.17 bits per heavy atom. The highest BCUT2D eigenvalue weighted by atomic mass is 32.2. The zero-order valence-electron chi connectivity index (χ0n) is 11.3. The molecule has 0 aromatic heterocycles. The first-order chi connectivity index (χ1) is 10.7. The van der Waals surface area contributed by atoms with E-state index in [9.17, 15) is 28.1 Å². The molecule has 0 bridgehead atoms. The summed E-state index contributed by atoms with van der Waals surface area (Å²) in [5.41, 5.74) is 3.58. The van der Waals surface area contributed by atoms with Gasteiger partial charge in [0, 0.05) is 16.5 Å². The van der Waals surface area contributed by atoms with Crippen molar-refractivity contribution in [2.24, 2.45) is 5.73 Å². The molecule has 0 atom stereocenters. The summed E-state index contributed by atoms with van der Waals surface area (Å²) in [7, 11) is 0. The molecular formula is C14H9F3N2O3S. The van der Waals surface area contributed by atoms with Crippen molar-refractivity contribution >= 4 is 23.4 Å². The van der Waals surface area contributed by atoms with E-state index in [2.05, 4.69) is 0 Å². The van der Waals surface area contributed by atoms with E-state index in [4.69, 9.17) is 5.73 Å². The highest BCUT2D eigenvalue weighted by Crippen LogP contribution is 2.39. The lowest BCUT2D eigenvalue weighted by Gasteiger charge is -2.09. The largest absolute Gasteiger partial charge is 0.416 e. The summed E-state index contributed by atoms with van der Waals surface area (Å²) in [6.07, 6.45) is -4.67. The molecule has 1 amide bonds. The molecule has 0 unspecified atom stereocenters. The van der Waals surface area contributed by atoms with Gasteiger partial charge in [-0.1, -0.05) is 17.8 Å². The van der Waals surface area contributed by atoms with Crippen molar-refractivity contribution < 1.29 is 22.9 Å². The minimum atomic E-state index is -4.67. The van der Waals surface area contributed by atoms with E-state index in [1.165, 1.54) is 18.2 Å². The molecule has 0 aliphatic heterocycles. The number of hydrogen-bond acceptors (Lipinski definition) is 4. The van der Waals surface area contributed by atoms with Gasteiger partial charge in [0.1, 0.15) is 0 Å². The maximum atomic E-state index is 12.7. The summed E-state index contributed by atoms with van der Waals surface area (Å²) < 4.78 is 38.0. The number of carbonyl (C=O) groups excluding carboxylic acids is 1. The molecule has 0 fully saturated rings. The van der Waals surface area contributed by atoms with Crippen LogP contribution < -0.4 is 5.73 Å². The average Bonchev–Trinajstić information content (AvgIpc) is 2.46. The number of amides is 1. The van der Waals surface area contributed by atoms with Crippen LogP contribution in [0.5, 0.6) is 0 Å². The molecular weight excluding hydrogens is 333 g/mol. The van der Waals surface area contributed by atoms with Gasteiger partial charge in [0.05, 0.1) is 15.4 Å². The predicted octanol–water partition coefficient (Wildman–Crippen LogP) is 3.86. The Labute approximate surface area is 132 Å². The number of rotatable bonds is 4. The third kappa shape index (κ3) is 4.01. The van der Waals surface area contributed by atoms with Crippen molar-refractivity contribution in [1.29, 1.82) is 0 Å². The second-order valence-corrected chi connectivity index (χ2v) is 5.55. The molecule has 2 aromatic rings. The van der Waals surface area contributed by atoms with Crippen molar-refractivity contribution in [2.45, 2.75) is 16.0 Å². The first-order valence-electron chi connectivity index (χ1n) is 6.12. The van der Waals surface area contributed by atoms with Gasteiger partial charge in [-0.15, -0.1) is 0 Å². The van der Waals surface area contributed by atoms with Crippen molar-refractivity contribution in [2.75, 3.05) is 0 Å². The highest BCUT2D eigenvalue weighted by Gasteiger charge is 2.33. The number of halogens is 3. The number of benzene rings is 2. The summed E-state index contributed by atoms with van der Waals surface area (Å²) in [4.78, 5) is 21.7. The third-order valence-corrected chi connectivity index (χ3v) is 3.88.